The molecule has 3 rings (SSSR count). The molecule has 0 aliphatic carbocycles. The molecular formula is C18H17ClN2O. The number of para-hydroxylation sites is 1. The smallest absolute Gasteiger partial charge is 0.145 e. The van der Waals surface area contributed by atoms with Crippen molar-refractivity contribution >= 4 is 28.2 Å². The minimum atomic E-state index is 0.775. The quantitative estimate of drug-likeness (QED) is 0.750. The van der Waals surface area contributed by atoms with E-state index in [9.17, 15) is 0 Å². The predicted molar refractivity (Wildman–Crippen MR) is 91.9 cm³/mol. The van der Waals surface area contributed by atoms with Crippen LogP contribution in [0, 0.1) is 0 Å². The van der Waals surface area contributed by atoms with Crippen LogP contribution in [0.2, 0.25) is 5.02 Å². The molecule has 0 saturated carbocycles. The summed E-state index contributed by atoms with van der Waals surface area (Å²) in [5.41, 5.74) is 3.15. The van der Waals surface area contributed by atoms with Crippen LogP contribution in [0.15, 0.2) is 54.7 Å². The molecule has 22 heavy (non-hydrogen) atoms. The van der Waals surface area contributed by atoms with E-state index in [1.165, 1.54) is 5.56 Å². The number of anilines is 1. The first-order chi connectivity index (χ1) is 10.8. The van der Waals surface area contributed by atoms with Gasteiger partial charge in [0.05, 0.1) is 7.11 Å². The molecule has 112 valence electrons. The molecule has 1 N–H and O–H groups in total. The van der Waals surface area contributed by atoms with Crippen molar-refractivity contribution < 1.29 is 4.74 Å². The lowest BCUT2D eigenvalue weighted by atomic mass is 10.1. The summed E-state index contributed by atoms with van der Waals surface area (Å²) >= 11 is 6.01. The Morgan fingerprint density at radius 2 is 2.00 bits per heavy atom. The number of nitrogens with zero attached hydrogens (tertiary/aromatic N) is 1. The molecule has 0 atom stereocenters. The van der Waals surface area contributed by atoms with Crippen LogP contribution in [0.4, 0.5) is 5.69 Å². The Morgan fingerprint density at radius 3 is 2.82 bits per heavy atom. The van der Waals surface area contributed by atoms with Crippen molar-refractivity contribution in [1.29, 1.82) is 0 Å². The van der Waals surface area contributed by atoms with Gasteiger partial charge < -0.3 is 10.1 Å². The van der Waals surface area contributed by atoms with E-state index in [2.05, 4.69) is 16.4 Å². The molecule has 0 aliphatic heterocycles. The number of rotatable bonds is 5. The topological polar surface area (TPSA) is 34.1 Å². The molecule has 0 saturated heterocycles. The summed E-state index contributed by atoms with van der Waals surface area (Å²) in [6.07, 6.45) is 2.71. The standard InChI is InChI=1S/C18H17ClN2O/c1-22-17-7-3-6-15-16(9-11-21-18(15)17)20-10-8-13-4-2-5-14(19)12-13/h2-7,9,11-12H,8,10H2,1H3,(H,20,21). The fourth-order valence-corrected chi connectivity index (χ4v) is 2.71. The van der Waals surface area contributed by atoms with Gasteiger partial charge in [0, 0.05) is 28.8 Å². The first-order valence-corrected chi connectivity index (χ1v) is 7.56. The summed E-state index contributed by atoms with van der Waals surface area (Å²) in [4.78, 5) is 4.41. The molecule has 0 radical (unpaired) electrons. The van der Waals surface area contributed by atoms with Crippen molar-refractivity contribution in [2.45, 2.75) is 6.42 Å². The highest BCUT2D eigenvalue weighted by Gasteiger charge is 2.06. The first kappa shape index (κ1) is 14.7. The average molecular weight is 313 g/mol. The van der Waals surface area contributed by atoms with E-state index in [0.717, 1.165) is 40.3 Å². The Kier molecular flexibility index (Phi) is 4.45. The van der Waals surface area contributed by atoms with Crippen LogP contribution in [-0.4, -0.2) is 18.6 Å². The number of benzene rings is 2. The van der Waals surface area contributed by atoms with E-state index in [1.807, 2.05) is 42.5 Å². The highest BCUT2D eigenvalue weighted by atomic mass is 35.5. The van der Waals surface area contributed by atoms with Gasteiger partial charge in [0.1, 0.15) is 11.3 Å². The zero-order chi connectivity index (χ0) is 15.4. The minimum absolute atomic E-state index is 0.775. The molecule has 1 aromatic heterocycles. The zero-order valence-electron chi connectivity index (χ0n) is 12.3. The summed E-state index contributed by atoms with van der Waals surface area (Å²) in [6, 6.07) is 15.9. The van der Waals surface area contributed by atoms with Gasteiger partial charge >= 0.3 is 0 Å². The SMILES string of the molecule is COc1cccc2c(NCCc3cccc(Cl)c3)ccnc12. The fraction of sp³-hybridized carbons (Fsp3) is 0.167. The lowest BCUT2D eigenvalue weighted by Gasteiger charge is -2.11. The van der Waals surface area contributed by atoms with E-state index < -0.39 is 0 Å². The molecule has 0 aliphatic rings. The number of hydrogen-bond acceptors (Lipinski definition) is 3. The van der Waals surface area contributed by atoms with E-state index in [4.69, 9.17) is 16.3 Å². The van der Waals surface area contributed by atoms with Gasteiger partial charge in [0.25, 0.3) is 0 Å². The number of fused-ring (bicyclic) bond motifs is 1. The number of aromatic nitrogens is 1. The van der Waals surface area contributed by atoms with Crippen LogP contribution in [0.1, 0.15) is 5.56 Å². The molecule has 4 heteroatoms. The molecule has 3 nitrogen and oxygen atoms in total. The Hall–Kier alpha value is -2.26. The van der Waals surface area contributed by atoms with Crippen LogP contribution in [0.5, 0.6) is 5.75 Å². The van der Waals surface area contributed by atoms with Gasteiger partial charge in [-0.15, -0.1) is 0 Å². The van der Waals surface area contributed by atoms with Crippen LogP contribution in [0.3, 0.4) is 0 Å². The van der Waals surface area contributed by atoms with E-state index in [1.54, 1.807) is 13.3 Å². The molecule has 0 unspecified atom stereocenters. The first-order valence-electron chi connectivity index (χ1n) is 7.18. The van der Waals surface area contributed by atoms with E-state index >= 15 is 0 Å². The second-order valence-corrected chi connectivity index (χ2v) is 5.46. The van der Waals surface area contributed by atoms with Crippen LogP contribution in [-0.2, 0) is 6.42 Å². The molecule has 2 aromatic carbocycles. The number of hydrogen-bond donors (Lipinski definition) is 1. The third-order valence-electron chi connectivity index (χ3n) is 3.57. The van der Waals surface area contributed by atoms with Crippen molar-refractivity contribution in [2.24, 2.45) is 0 Å². The van der Waals surface area contributed by atoms with Crippen molar-refractivity contribution in [3.8, 4) is 5.75 Å². The molecule has 0 spiro atoms. The van der Waals surface area contributed by atoms with Gasteiger partial charge in [-0.25, -0.2) is 0 Å². The third kappa shape index (κ3) is 3.15. The molecule has 3 aromatic rings. The molecule has 1 heterocycles. The summed E-state index contributed by atoms with van der Waals surface area (Å²) in [5, 5.41) is 5.31. The number of nitrogens with one attached hydrogen (secondary N) is 1. The number of pyridine rings is 1. The van der Waals surface area contributed by atoms with Crippen LogP contribution >= 0.6 is 11.6 Å². The Morgan fingerprint density at radius 1 is 1.14 bits per heavy atom. The maximum absolute atomic E-state index is 6.01. The zero-order valence-corrected chi connectivity index (χ0v) is 13.1. The lowest BCUT2D eigenvalue weighted by Crippen LogP contribution is -2.05. The van der Waals surface area contributed by atoms with Gasteiger partial charge in [-0.3, -0.25) is 4.98 Å². The average Bonchev–Trinajstić information content (AvgIpc) is 2.54. The second kappa shape index (κ2) is 6.67. The van der Waals surface area contributed by atoms with Gasteiger partial charge in [0.2, 0.25) is 0 Å². The summed E-state index contributed by atoms with van der Waals surface area (Å²) in [7, 11) is 1.66. The monoisotopic (exact) mass is 312 g/mol. The summed E-state index contributed by atoms with van der Waals surface area (Å²) < 4.78 is 5.36. The maximum atomic E-state index is 6.01. The maximum Gasteiger partial charge on any atom is 0.145 e. The van der Waals surface area contributed by atoms with Crippen LogP contribution in [0.25, 0.3) is 10.9 Å². The van der Waals surface area contributed by atoms with Crippen molar-refractivity contribution in [1.82, 2.24) is 4.98 Å². The summed E-state index contributed by atoms with van der Waals surface area (Å²) in [5.74, 6) is 0.788. The summed E-state index contributed by atoms with van der Waals surface area (Å²) in [6.45, 7) is 0.830. The Labute approximate surface area is 134 Å². The number of halogens is 1. The van der Waals surface area contributed by atoms with Gasteiger partial charge in [-0.2, -0.15) is 0 Å². The van der Waals surface area contributed by atoms with Crippen LogP contribution < -0.4 is 10.1 Å². The molecule has 0 amide bonds. The molecule has 0 fully saturated rings. The van der Waals surface area contributed by atoms with Crippen molar-refractivity contribution in [3.05, 3.63) is 65.3 Å². The Bertz CT molecular complexity index is 789. The van der Waals surface area contributed by atoms with Gasteiger partial charge in [-0.05, 0) is 36.2 Å². The fourth-order valence-electron chi connectivity index (χ4n) is 2.50. The van der Waals surface area contributed by atoms with Crippen molar-refractivity contribution in [2.75, 3.05) is 19.0 Å². The second-order valence-electron chi connectivity index (χ2n) is 5.02. The lowest BCUT2D eigenvalue weighted by molar-refractivity contribution is 0.419. The minimum Gasteiger partial charge on any atom is -0.494 e. The highest BCUT2D eigenvalue weighted by molar-refractivity contribution is 6.30. The number of methoxy groups -OCH3 is 1. The highest BCUT2D eigenvalue weighted by Crippen LogP contribution is 2.28. The third-order valence-corrected chi connectivity index (χ3v) is 3.81. The Balaban J connectivity index is 1.77. The largest absolute Gasteiger partial charge is 0.494 e. The van der Waals surface area contributed by atoms with E-state index in [-0.39, 0.29) is 0 Å². The van der Waals surface area contributed by atoms with Gasteiger partial charge in [0.15, 0.2) is 0 Å². The molecular weight excluding hydrogens is 296 g/mol. The number of ether oxygens (including phenoxy) is 1. The molecule has 0 bridgehead atoms. The van der Waals surface area contributed by atoms with E-state index in [0.29, 0.717) is 0 Å². The predicted octanol–water partition coefficient (Wildman–Crippen LogP) is 4.55. The normalized spacial score (nSPS) is 10.6. The van der Waals surface area contributed by atoms with Gasteiger partial charge in [-0.1, -0.05) is 35.9 Å². The van der Waals surface area contributed by atoms with Crippen molar-refractivity contribution in [3.63, 3.8) is 0 Å².